The Labute approximate surface area is 156 Å². The van der Waals surface area contributed by atoms with Gasteiger partial charge in [-0.15, -0.1) is 11.3 Å². The van der Waals surface area contributed by atoms with Gasteiger partial charge < -0.3 is 9.47 Å². The van der Waals surface area contributed by atoms with E-state index in [0.29, 0.717) is 11.3 Å². The van der Waals surface area contributed by atoms with E-state index in [1.54, 1.807) is 17.5 Å². The van der Waals surface area contributed by atoms with Crippen LogP contribution in [0.15, 0.2) is 47.8 Å². The predicted molar refractivity (Wildman–Crippen MR) is 95.1 cm³/mol. The number of carbonyl (C=O) groups excluding carboxylic acids is 1. The molecule has 0 aliphatic carbocycles. The Kier molecular flexibility index (Phi) is 5.60. The average molecular weight is 394 g/mol. The normalized spacial score (nSPS) is 10.7. The van der Waals surface area contributed by atoms with Crippen LogP contribution in [0.1, 0.15) is 10.4 Å². The maximum Gasteiger partial charge on any atom is 0.387 e. The van der Waals surface area contributed by atoms with E-state index in [9.17, 15) is 18.0 Å². The van der Waals surface area contributed by atoms with Crippen LogP contribution in [0.2, 0.25) is 0 Å². The number of nitrogens with zero attached hydrogens (tertiary/aromatic N) is 1. The topological polar surface area (TPSA) is 60.5 Å². The van der Waals surface area contributed by atoms with Crippen molar-refractivity contribution in [1.82, 2.24) is 4.98 Å². The number of thiazole rings is 1. The van der Waals surface area contributed by atoms with Crippen molar-refractivity contribution in [3.63, 3.8) is 0 Å². The van der Waals surface area contributed by atoms with Crippen molar-refractivity contribution in [2.75, 3.05) is 12.4 Å². The van der Waals surface area contributed by atoms with Gasteiger partial charge in [-0.2, -0.15) is 8.78 Å². The molecular weight excluding hydrogens is 381 g/mol. The van der Waals surface area contributed by atoms with E-state index in [4.69, 9.17) is 4.74 Å². The number of hydrogen-bond acceptors (Lipinski definition) is 5. The zero-order chi connectivity index (χ0) is 19.4. The van der Waals surface area contributed by atoms with Crippen LogP contribution in [-0.2, 0) is 0 Å². The van der Waals surface area contributed by atoms with Crippen molar-refractivity contribution in [2.45, 2.75) is 6.61 Å². The van der Waals surface area contributed by atoms with Crippen molar-refractivity contribution in [3.8, 4) is 22.8 Å². The number of benzene rings is 2. The molecule has 0 fully saturated rings. The molecule has 3 rings (SSSR count). The van der Waals surface area contributed by atoms with Crippen LogP contribution in [0.25, 0.3) is 11.3 Å². The van der Waals surface area contributed by atoms with Gasteiger partial charge in [0.05, 0.1) is 18.4 Å². The number of carbonyl (C=O) groups is 1. The summed E-state index contributed by atoms with van der Waals surface area (Å²) >= 11 is 1.14. The van der Waals surface area contributed by atoms with E-state index >= 15 is 0 Å². The largest absolute Gasteiger partial charge is 0.493 e. The van der Waals surface area contributed by atoms with Crippen molar-refractivity contribution in [2.24, 2.45) is 0 Å². The average Bonchev–Trinajstić information content (AvgIpc) is 3.10. The Morgan fingerprint density at radius 1 is 1.19 bits per heavy atom. The fourth-order valence-corrected chi connectivity index (χ4v) is 3.03. The summed E-state index contributed by atoms with van der Waals surface area (Å²) in [6, 6.07) is 9.96. The Morgan fingerprint density at radius 3 is 2.59 bits per heavy atom. The quantitative estimate of drug-likeness (QED) is 0.652. The summed E-state index contributed by atoms with van der Waals surface area (Å²) in [6.07, 6.45) is 0. The summed E-state index contributed by atoms with van der Waals surface area (Å²) < 4.78 is 47.8. The first-order valence-corrected chi connectivity index (χ1v) is 8.50. The van der Waals surface area contributed by atoms with Crippen LogP contribution in [0, 0.1) is 5.82 Å². The van der Waals surface area contributed by atoms with E-state index in [1.165, 1.54) is 37.4 Å². The van der Waals surface area contributed by atoms with Gasteiger partial charge >= 0.3 is 6.61 Å². The summed E-state index contributed by atoms with van der Waals surface area (Å²) in [5, 5.41) is 4.48. The molecule has 0 aliphatic rings. The van der Waals surface area contributed by atoms with Gasteiger partial charge in [0, 0.05) is 10.9 Å². The number of rotatable bonds is 6. The number of para-hydroxylation sites is 1. The second-order valence-electron chi connectivity index (χ2n) is 5.21. The van der Waals surface area contributed by atoms with Crippen LogP contribution in [-0.4, -0.2) is 24.6 Å². The van der Waals surface area contributed by atoms with Gasteiger partial charge in [0.15, 0.2) is 16.6 Å². The lowest BCUT2D eigenvalue weighted by Gasteiger charge is -2.13. The first-order valence-electron chi connectivity index (χ1n) is 7.62. The van der Waals surface area contributed by atoms with Crippen molar-refractivity contribution in [3.05, 3.63) is 59.2 Å². The highest BCUT2D eigenvalue weighted by Gasteiger charge is 2.21. The standard InChI is InChI=1S/C18H13F3N2O3S/c1-25-14-4-2-3-12(15(14)26-17(20)21)16(24)23-18-22-13(9-27-18)10-5-7-11(19)8-6-10/h2-9,17H,1H3,(H,22,23,24). The first-order chi connectivity index (χ1) is 13.0. The highest BCUT2D eigenvalue weighted by Crippen LogP contribution is 2.33. The molecule has 2 aromatic carbocycles. The van der Waals surface area contributed by atoms with Gasteiger partial charge in [-0.05, 0) is 36.4 Å². The van der Waals surface area contributed by atoms with Crippen LogP contribution >= 0.6 is 11.3 Å². The Balaban J connectivity index is 1.83. The van der Waals surface area contributed by atoms with E-state index in [0.717, 1.165) is 11.3 Å². The SMILES string of the molecule is COc1cccc(C(=O)Nc2nc(-c3ccc(F)cc3)cs2)c1OC(F)F. The van der Waals surface area contributed by atoms with Gasteiger partial charge in [0.25, 0.3) is 5.91 Å². The summed E-state index contributed by atoms with van der Waals surface area (Å²) in [5.41, 5.74) is 1.11. The minimum atomic E-state index is -3.11. The fourth-order valence-electron chi connectivity index (χ4n) is 2.31. The van der Waals surface area contributed by atoms with E-state index in [2.05, 4.69) is 15.0 Å². The Bertz CT molecular complexity index is 945. The molecule has 0 saturated carbocycles. The summed E-state index contributed by atoms with van der Waals surface area (Å²) in [5.74, 6) is -1.39. The molecule has 0 aliphatic heterocycles. The molecule has 1 N–H and O–H groups in total. The molecular formula is C18H13F3N2O3S. The van der Waals surface area contributed by atoms with Gasteiger partial charge in [-0.3, -0.25) is 10.1 Å². The number of anilines is 1. The minimum Gasteiger partial charge on any atom is -0.493 e. The second-order valence-corrected chi connectivity index (χ2v) is 6.07. The zero-order valence-electron chi connectivity index (χ0n) is 13.9. The molecule has 1 heterocycles. The molecule has 0 saturated heterocycles. The number of ether oxygens (including phenoxy) is 2. The van der Waals surface area contributed by atoms with E-state index < -0.39 is 12.5 Å². The third-order valence-corrected chi connectivity index (χ3v) is 4.27. The van der Waals surface area contributed by atoms with Gasteiger partial charge in [-0.1, -0.05) is 6.07 Å². The predicted octanol–water partition coefficient (Wildman–Crippen LogP) is 4.81. The Morgan fingerprint density at radius 2 is 1.93 bits per heavy atom. The maximum atomic E-state index is 13.0. The molecule has 5 nitrogen and oxygen atoms in total. The molecule has 1 amide bonds. The van der Waals surface area contributed by atoms with Crippen molar-refractivity contribution in [1.29, 1.82) is 0 Å². The van der Waals surface area contributed by atoms with E-state index in [1.807, 2.05) is 0 Å². The van der Waals surface area contributed by atoms with Crippen LogP contribution < -0.4 is 14.8 Å². The number of amides is 1. The van der Waals surface area contributed by atoms with Crippen LogP contribution in [0.5, 0.6) is 11.5 Å². The lowest BCUT2D eigenvalue weighted by molar-refractivity contribution is -0.0515. The monoisotopic (exact) mass is 394 g/mol. The summed E-state index contributed by atoms with van der Waals surface area (Å²) in [6.45, 7) is -3.11. The second kappa shape index (κ2) is 8.09. The zero-order valence-corrected chi connectivity index (χ0v) is 14.7. The number of nitrogens with one attached hydrogen (secondary N) is 1. The molecule has 140 valence electrons. The number of hydrogen-bond donors (Lipinski definition) is 1. The molecule has 0 atom stereocenters. The lowest BCUT2D eigenvalue weighted by Crippen LogP contribution is -2.15. The first kappa shape index (κ1) is 18.7. The third kappa shape index (κ3) is 4.37. The molecule has 3 aromatic rings. The summed E-state index contributed by atoms with van der Waals surface area (Å²) in [4.78, 5) is 16.8. The number of methoxy groups -OCH3 is 1. The molecule has 0 spiro atoms. The molecule has 27 heavy (non-hydrogen) atoms. The molecule has 0 unspecified atom stereocenters. The number of aromatic nitrogens is 1. The lowest BCUT2D eigenvalue weighted by atomic mass is 10.1. The number of alkyl halides is 2. The smallest absolute Gasteiger partial charge is 0.387 e. The van der Waals surface area contributed by atoms with Gasteiger partial charge in [0.2, 0.25) is 0 Å². The van der Waals surface area contributed by atoms with E-state index in [-0.39, 0.29) is 28.0 Å². The molecule has 9 heteroatoms. The van der Waals surface area contributed by atoms with Gasteiger partial charge in [-0.25, -0.2) is 9.37 Å². The summed E-state index contributed by atoms with van der Waals surface area (Å²) in [7, 11) is 1.28. The minimum absolute atomic E-state index is 0.00842. The molecule has 1 aromatic heterocycles. The number of halogens is 3. The van der Waals surface area contributed by atoms with Gasteiger partial charge in [0.1, 0.15) is 5.82 Å². The van der Waals surface area contributed by atoms with Crippen LogP contribution in [0.4, 0.5) is 18.3 Å². The van der Waals surface area contributed by atoms with Crippen molar-refractivity contribution >= 4 is 22.4 Å². The van der Waals surface area contributed by atoms with Crippen molar-refractivity contribution < 1.29 is 27.4 Å². The third-order valence-electron chi connectivity index (χ3n) is 3.52. The Hall–Kier alpha value is -3.07. The maximum absolute atomic E-state index is 13.0. The highest BCUT2D eigenvalue weighted by molar-refractivity contribution is 7.14. The molecule has 0 bridgehead atoms. The molecule has 0 radical (unpaired) electrons. The fraction of sp³-hybridized carbons (Fsp3) is 0.111. The highest BCUT2D eigenvalue weighted by atomic mass is 32.1. The van der Waals surface area contributed by atoms with Crippen LogP contribution in [0.3, 0.4) is 0 Å².